The lowest BCUT2D eigenvalue weighted by molar-refractivity contribution is -0.669. The molecule has 0 saturated carbocycles. The lowest BCUT2D eigenvalue weighted by Crippen LogP contribution is -2.37. The number of fused-ring (bicyclic) bond motifs is 6. The summed E-state index contributed by atoms with van der Waals surface area (Å²) in [6.45, 7) is 8.60. The second-order valence-corrected chi connectivity index (χ2v) is 16.8. The second kappa shape index (κ2) is 18.4. The van der Waals surface area contributed by atoms with Crippen molar-refractivity contribution in [3.8, 4) is 0 Å². The number of para-hydroxylation sites is 2. The van der Waals surface area contributed by atoms with Crippen molar-refractivity contribution in [2.24, 2.45) is 0 Å². The number of allylic oxidation sites excluding steroid dienone is 5. The van der Waals surface area contributed by atoms with Gasteiger partial charge in [-0.15, -0.1) is 0 Å². The number of nitrogens with zero attached hydrogens (tertiary/aromatic N) is 3. The molecule has 0 bridgehead atoms. The Bertz CT molecular complexity index is 2940. The molecule has 9 heteroatoms. The van der Waals surface area contributed by atoms with E-state index in [-0.39, 0.29) is 13.2 Å². The predicted octanol–water partition coefficient (Wildman–Crippen LogP) is 12.2. The van der Waals surface area contributed by atoms with Crippen molar-refractivity contribution < 1.29 is 23.6 Å². The highest BCUT2D eigenvalue weighted by Crippen LogP contribution is 2.50. The molecule has 7 aromatic rings. The number of rotatable bonds is 14. The molecule has 2 heterocycles. The van der Waals surface area contributed by atoms with Crippen molar-refractivity contribution in [1.82, 2.24) is 0 Å². The van der Waals surface area contributed by atoms with E-state index in [4.69, 9.17) is 9.47 Å². The van der Waals surface area contributed by atoms with Crippen LogP contribution in [0.15, 0.2) is 204 Å². The van der Waals surface area contributed by atoms with Crippen LogP contribution in [0.1, 0.15) is 17.8 Å². The number of hydrogen-bond donors (Lipinski definition) is 0. The fourth-order valence-electron chi connectivity index (χ4n) is 8.19. The zero-order valence-corrected chi connectivity index (χ0v) is 35.7. The molecule has 9 rings (SSSR count). The van der Waals surface area contributed by atoms with E-state index >= 15 is 0 Å². The third kappa shape index (κ3) is 8.25. The molecule has 306 valence electrons. The van der Waals surface area contributed by atoms with Crippen LogP contribution in [0.4, 0.5) is 17.1 Å². The van der Waals surface area contributed by atoms with Gasteiger partial charge in [-0.1, -0.05) is 133 Å². The Hall–Kier alpha value is -6.94. The van der Waals surface area contributed by atoms with E-state index in [0.717, 1.165) is 51.2 Å². The fraction of sp³-hybridized carbons (Fsp3) is 0.113. The molecule has 62 heavy (non-hydrogen) atoms. The van der Waals surface area contributed by atoms with E-state index in [2.05, 4.69) is 173 Å². The molecule has 0 atom stereocenters. The first-order valence-corrected chi connectivity index (χ1v) is 22.3. The van der Waals surface area contributed by atoms with E-state index in [1.165, 1.54) is 54.4 Å². The molecular formula is C53H44N3O4S2+. The summed E-state index contributed by atoms with van der Waals surface area (Å²) < 4.78 is 14.4. The van der Waals surface area contributed by atoms with Gasteiger partial charge in [0.15, 0.2) is 13.2 Å². The van der Waals surface area contributed by atoms with Crippen molar-refractivity contribution in [2.45, 2.75) is 24.3 Å². The maximum atomic E-state index is 12.1. The summed E-state index contributed by atoms with van der Waals surface area (Å²) in [5.74, 6) is -0.866. The van der Waals surface area contributed by atoms with Gasteiger partial charge >= 0.3 is 11.9 Å². The van der Waals surface area contributed by atoms with Crippen molar-refractivity contribution in [2.75, 3.05) is 29.6 Å². The molecule has 2 aliphatic rings. The number of carbonyl (C=O) groups excluding carboxylic acids is 2. The highest BCUT2D eigenvalue weighted by molar-refractivity contribution is 8.04. The summed E-state index contributed by atoms with van der Waals surface area (Å²) in [5.41, 5.74) is 7.85. The number of thiazole rings is 1. The first kappa shape index (κ1) is 40.5. The molecule has 1 aliphatic heterocycles. The van der Waals surface area contributed by atoms with Crippen LogP contribution in [-0.4, -0.2) is 31.7 Å². The highest BCUT2D eigenvalue weighted by atomic mass is 32.2. The topological polar surface area (TPSA) is 63.0 Å². The number of esters is 2. The largest absolute Gasteiger partial charge is 0.461 e. The Balaban J connectivity index is 1.17. The number of ether oxygens (including phenoxy) is 2. The maximum Gasteiger partial charge on any atom is 0.330 e. The minimum absolute atomic E-state index is 0.228. The van der Waals surface area contributed by atoms with Gasteiger partial charge in [-0.25, -0.2) is 9.59 Å². The van der Waals surface area contributed by atoms with Gasteiger partial charge in [0.2, 0.25) is 5.52 Å². The number of carbonyl (C=O) groups is 2. The van der Waals surface area contributed by atoms with Gasteiger partial charge in [-0.3, -0.25) is 0 Å². The molecule has 0 N–H and O–H groups in total. The van der Waals surface area contributed by atoms with Gasteiger partial charge in [0.1, 0.15) is 11.3 Å². The minimum atomic E-state index is -0.433. The molecule has 7 nitrogen and oxygen atoms in total. The van der Waals surface area contributed by atoms with Gasteiger partial charge in [0.05, 0.1) is 23.0 Å². The molecule has 0 unspecified atom stereocenters. The second-order valence-electron chi connectivity index (χ2n) is 14.8. The van der Waals surface area contributed by atoms with Crippen LogP contribution in [0.3, 0.4) is 0 Å². The number of hydrogen-bond acceptors (Lipinski definition) is 8. The Morgan fingerprint density at radius 3 is 2.03 bits per heavy atom. The van der Waals surface area contributed by atoms with Crippen LogP contribution in [0, 0.1) is 0 Å². The molecule has 1 aromatic heterocycles. The number of benzene rings is 6. The Morgan fingerprint density at radius 2 is 1.32 bits per heavy atom. The van der Waals surface area contributed by atoms with Crippen LogP contribution in [0.25, 0.3) is 37.8 Å². The maximum absolute atomic E-state index is 12.1. The smallest absolute Gasteiger partial charge is 0.330 e. The summed E-state index contributed by atoms with van der Waals surface area (Å²) in [5, 5.41) is 6.87. The average Bonchev–Trinajstić information content (AvgIpc) is 4.01. The number of anilines is 3. The number of thioether (sulfide) groups is 1. The van der Waals surface area contributed by atoms with Gasteiger partial charge in [0, 0.05) is 46.0 Å². The molecule has 0 fully saturated rings. The van der Waals surface area contributed by atoms with Crippen molar-refractivity contribution in [3.05, 3.63) is 204 Å². The van der Waals surface area contributed by atoms with Crippen LogP contribution in [0.2, 0.25) is 0 Å². The molecule has 0 saturated heterocycles. The SMILES string of the molecule is C=CC(=O)OCCN1C(=CC=C2CCC(C=Cc3sc4c5ccccc5ccc4[n+]3CCOC(=O)C=C)=C2N(c2ccccc2)c2ccccc2)Sc2c1ccc1ccccc21. The first-order valence-electron chi connectivity index (χ1n) is 20.6. The first-order chi connectivity index (χ1) is 30.5. The normalized spacial score (nSPS) is 15.0. The monoisotopic (exact) mass is 850 g/mol. The van der Waals surface area contributed by atoms with Gasteiger partial charge < -0.3 is 19.3 Å². The van der Waals surface area contributed by atoms with Crippen molar-refractivity contribution in [1.29, 1.82) is 0 Å². The van der Waals surface area contributed by atoms with Crippen LogP contribution in [-0.2, 0) is 25.6 Å². The fourth-order valence-corrected chi connectivity index (χ4v) is 10.6. The zero-order valence-electron chi connectivity index (χ0n) is 34.1. The third-order valence-corrected chi connectivity index (χ3v) is 13.5. The average molecular weight is 851 g/mol. The lowest BCUT2D eigenvalue weighted by Gasteiger charge is -2.28. The summed E-state index contributed by atoms with van der Waals surface area (Å²) in [6.07, 6.45) is 13.1. The highest BCUT2D eigenvalue weighted by Gasteiger charge is 2.30. The van der Waals surface area contributed by atoms with Crippen LogP contribution >= 0.6 is 23.1 Å². The quantitative estimate of drug-likeness (QED) is 0.0613. The van der Waals surface area contributed by atoms with E-state index in [1.54, 1.807) is 23.1 Å². The lowest BCUT2D eigenvalue weighted by atomic mass is 10.1. The van der Waals surface area contributed by atoms with Crippen molar-refractivity contribution >= 4 is 89.9 Å². The third-order valence-electron chi connectivity index (χ3n) is 11.1. The van der Waals surface area contributed by atoms with Gasteiger partial charge in [-0.2, -0.15) is 4.57 Å². The summed E-state index contributed by atoms with van der Waals surface area (Å²) in [4.78, 5) is 29.9. The Labute approximate surface area is 369 Å². The summed E-state index contributed by atoms with van der Waals surface area (Å²) in [7, 11) is 0. The molecule has 0 radical (unpaired) electrons. The Kier molecular flexibility index (Phi) is 12.0. The van der Waals surface area contributed by atoms with Crippen LogP contribution < -0.4 is 14.4 Å². The van der Waals surface area contributed by atoms with Gasteiger partial charge in [0.25, 0.3) is 5.01 Å². The van der Waals surface area contributed by atoms with Crippen molar-refractivity contribution in [3.63, 3.8) is 0 Å². The number of aromatic nitrogens is 1. The molecule has 1 aliphatic carbocycles. The van der Waals surface area contributed by atoms with Crippen LogP contribution in [0.5, 0.6) is 0 Å². The Morgan fingerprint density at radius 1 is 0.694 bits per heavy atom. The van der Waals surface area contributed by atoms with E-state index in [1.807, 2.05) is 12.1 Å². The predicted molar refractivity (Wildman–Crippen MR) is 255 cm³/mol. The summed E-state index contributed by atoms with van der Waals surface area (Å²) in [6, 6.07) is 46.6. The van der Waals surface area contributed by atoms with E-state index < -0.39 is 11.9 Å². The van der Waals surface area contributed by atoms with Gasteiger partial charge in [-0.05, 0) is 88.7 Å². The van der Waals surface area contributed by atoms with E-state index in [9.17, 15) is 9.59 Å². The molecular weight excluding hydrogens is 807 g/mol. The molecule has 6 aromatic carbocycles. The molecule has 0 spiro atoms. The van der Waals surface area contributed by atoms with E-state index in [0.29, 0.717) is 13.1 Å². The molecule has 0 amide bonds. The minimum Gasteiger partial charge on any atom is -0.461 e. The standard InChI is InChI=1S/C53H44N3O4S2/c1-3-49(57)59-35-33-54-45-29-25-37-15-11-13-21-43(37)52(45)61-47(54)31-27-39-23-24-40(51(39)56(41-17-7-5-8-18-41)42-19-9-6-10-20-42)28-32-48-55(34-36-60-50(58)4-2)46-30-26-38-16-12-14-22-44(38)53(46)62-48/h3-22,25-32H,1-2,23-24,33-36H2/q+1. The summed E-state index contributed by atoms with van der Waals surface area (Å²) >= 11 is 3.49. The zero-order chi connectivity index (χ0) is 42.4.